The summed E-state index contributed by atoms with van der Waals surface area (Å²) in [5, 5.41) is 1.05. The second kappa shape index (κ2) is 6.16. The van der Waals surface area contributed by atoms with Gasteiger partial charge in [-0.1, -0.05) is 48.5 Å². The van der Waals surface area contributed by atoms with Crippen molar-refractivity contribution in [3.05, 3.63) is 71.9 Å². The lowest BCUT2D eigenvalue weighted by Crippen LogP contribution is -2.33. The molecule has 4 rings (SSSR count). The second-order valence-corrected chi connectivity index (χ2v) is 6.66. The van der Waals surface area contributed by atoms with Gasteiger partial charge in [-0.05, 0) is 31.4 Å². The maximum atomic E-state index is 13.0. The Morgan fingerprint density at radius 1 is 1.08 bits per heavy atom. The van der Waals surface area contributed by atoms with E-state index in [1.165, 1.54) is 5.56 Å². The highest BCUT2D eigenvalue weighted by molar-refractivity contribution is 6.07. The van der Waals surface area contributed by atoms with Crippen LogP contribution in [0.15, 0.2) is 60.8 Å². The highest BCUT2D eigenvalue weighted by Crippen LogP contribution is 2.26. The van der Waals surface area contributed by atoms with E-state index in [1.807, 2.05) is 29.3 Å². The standard InChI is InChI=1S/C21H22N2O/c1-16-8-7-13-23(16)21(24)19-15-22(14-17-9-3-2-4-10-17)20-12-6-5-11-18(19)20/h2-6,9-12,15-16H,7-8,13-14H2,1H3. The molecule has 24 heavy (non-hydrogen) atoms. The third-order valence-corrected chi connectivity index (χ3v) is 5.03. The molecule has 0 bridgehead atoms. The van der Waals surface area contributed by atoms with Crippen LogP contribution in [0.25, 0.3) is 10.9 Å². The number of likely N-dealkylation sites (tertiary alicyclic amines) is 1. The summed E-state index contributed by atoms with van der Waals surface area (Å²) in [7, 11) is 0. The lowest BCUT2D eigenvalue weighted by Gasteiger charge is -2.21. The minimum absolute atomic E-state index is 0.169. The van der Waals surface area contributed by atoms with E-state index in [2.05, 4.69) is 47.9 Å². The average Bonchev–Trinajstić information content (AvgIpc) is 3.20. The van der Waals surface area contributed by atoms with Crippen molar-refractivity contribution in [3.8, 4) is 0 Å². The maximum Gasteiger partial charge on any atom is 0.256 e. The molecule has 122 valence electrons. The van der Waals surface area contributed by atoms with Gasteiger partial charge in [-0.25, -0.2) is 0 Å². The van der Waals surface area contributed by atoms with Crippen LogP contribution in [0, 0.1) is 0 Å². The van der Waals surface area contributed by atoms with Gasteiger partial charge in [0.25, 0.3) is 5.91 Å². The van der Waals surface area contributed by atoms with Crippen LogP contribution in [-0.2, 0) is 6.54 Å². The first-order valence-corrected chi connectivity index (χ1v) is 8.67. The van der Waals surface area contributed by atoms with E-state index >= 15 is 0 Å². The van der Waals surface area contributed by atoms with Crippen LogP contribution < -0.4 is 0 Å². The van der Waals surface area contributed by atoms with E-state index in [4.69, 9.17) is 0 Å². The molecule has 3 heteroatoms. The quantitative estimate of drug-likeness (QED) is 0.706. The molecule has 0 N–H and O–H groups in total. The van der Waals surface area contributed by atoms with E-state index in [9.17, 15) is 4.79 Å². The fourth-order valence-corrected chi connectivity index (χ4v) is 3.72. The number of nitrogens with zero attached hydrogens (tertiary/aromatic N) is 2. The number of para-hydroxylation sites is 1. The fraction of sp³-hybridized carbons (Fsp3) is 0.286. The molecule has 0 aliphatic carbocycles. The molecule has 0 radical (unpaired) electrons. The zero-order chi connectivity index (χ0) is 16.5. The van der Waals surface area contributed by atoms with E-state index in [-0.39, 0.29) is 5.91 Å². The van der Waals surface area contributed by atoms with E-state index in [0.29, 0.717) is 6.04 Å². The second-order valence-electron chi connectivity index (χ2n) is 6.66. The van der Waals surface area contributed by atoms with Gasteiger partial charge in [-0.3, -0.25) is 4.79 Å². The Balaban J connectivity index is 1.75. The van der Waals surface area contributed by atoms with E-state index in [1.54, 1.807) is 0 Å². The Kier molecular flexibility index (Phi) is 3.85. The SMILES string of the molecule is CC1CCCN1C(=O)c1cn(Cc2ccccc2)c2ccccc12. The van der Waals surface area contributed by atoms with Crippen LogP contribution in [0.5, 0.6) is 0 Å². The summed E-state index contributed by atoms with van der Waals surface area (Å²) in [5.41, 5.74) is 3.19. The number of amides is 1. The first-order valence-electron chi connectivity index (χ1n) is 8.67. The van der Waals surface area contributed by atoms with E-state index < -0.39 is 0 Å². The van der Waals surface area contributed by atoms with Crippen molar-refractivity contribution < 1.29 is 4.79 Å². The Morgan fingerprint density at radius 2 is 1.83 bits per heavy atom. The van der Waals surface area contributed by atoms with Gasteiger partial charge < -0.3 is 9.47 Å². The third-order valence-electron chi connectivity index (χ3n) is 5.03. The molecule has 1 fully saturated rings. The van der Waals surface area contributed by atoms with Gasteiger partial charge >= 0.3 is 0 Å². The molecule has 3 aromatic rings. The van der Waals surface area contributed by atoms with Crippen molar-refractivity contribution in [2.24, 2.45) is 0 Å². The molecule has 1 saturated heterocycles. The number of hydrogen-bond acceptors (Lipinski definition) is 1. The molecule has 1 aliphatic rings. The van der Waals surface area contributed by atoms with Gasteiger partial charge in [0, 0.05) is 36.2 Å². The van der Waals surface area contributed by atoms with Crippen molar-refractivity contribution in [2.75, 3.05) is 6.54 Å². The van der Waals surface area contributed by atoms with Gasteiger partial charge in [-0.15, -0.1) is 0 Å². The maximum absolute atomic E-state index is 13.0. The van der Waals surface area contributed by atoms with Crippen molar-refractivity contribution in [2.45, 2.75) is 32.4 Å². The van der Waals surface area contributed by atoms with Crippen molar-refractivity contribution >= 4 is 16.8 Å². The van der Waals surface area contributed by atoms with Gasteiger partial charge in [0.05, 0.1) is 5.56 Å². The normalized spacial score (nSPS) is 17.5. The zero-order valence-electron chi connectivity index (χ0n) is 14.0. The van der Waals surface area contributed by atoms with Crippen LogP contribution in [0.1, 0.15) is 35.7 Å². The first-order chi connectivity index (χ1) is 11.7. The Hall–Kier alpha value is -2.55. The number of fused-ring (bicyclic) bond motifs is 1. The predicted molar refractivity (Wildman–Crippen MR) is 97.2 cm³/mol. The molecule has 0 saturated carbocycles. The number of carbonyl (C=O) groups is 1. The Labute approximate surface area is 142 Å². The lowest BCUT2D eigenvalue weighted by molar-refractivity contribution is 0.0749. The molecular formula is C21H22N2O. The predicted octanol–water partition coefficient (Wildman–Crippen LogP) is 4.31. The number of carbonyl (C=O) groups excluding carboxylic acids is 1. The largest absolute Gasteiger partial charge is 0.342 e. The van der Waals surface area contributed by atoms with Crippen LogP contribution in [0.3, 0.4) is 0 Å². The summed E-state index contributed by atoms with van der Waals surface area (Å²) in [4.78, 5) is 15.1. The molecule has 1 amide bonds. The zero-order valence-corrected chi connectivity index (χ0v) is 14.0. The highest BCUT2D eigenvalue weighted by atomic mass is 16.2. The highest BCUT2D eigenvalue weighted by Gasteiger charge is 2.28. The Bertz CT molecular complexity index is 866. The third kappa shape index (κ3) is 2.60. The van der Waals surface area contributed by atoms with Gasteiger partial charge in [-0.2, -0.15) is 0 Å². The van der Waals surface area contributed by atoms with Crippen molar-refractivity contribution in [3.63, 3.8) is 0 Å². The lowest BCUT2D eigenvalue weighted by atomic mass is 10.1. The van der Waals surface area contributed by atoms with Gasteiger partial charge in [0.1, 0.15) is 0 Å². The molecule has 1 aromatic heterocycles. The summed E-state index contributed by atoms with van der Waals surface area (Å²) in [5.74, 6) is 0.169. The fourth-order valence-electron chi connectivity index (χ4n) is 3.72. The number of aromatic nitrogens is 1. The van der Waals surface area contributed by atoms with E-state index in [0.717, 1.165) is 42.4 Å². The number of benzene rings is 2. The van der Waals surface area contributed by atoms with Crippen LogP contribution >= 0.6 is 0 Å². The van der Waals surface area contributed by atoms with Gasteiger partial charge in [0.15, 0.2) is 0 Å². The molecular weight excluding hydrogens is 296 g/mol. The van der Waals surface area contributed by atoms with Crippen LogP contribution in [0.2, 0.25) is 0 Å². The number of hydrogen-bond donors (Lipinski definition) is 0. The van der Waals surface area contributed by atoms with Crippen LogP contribution in [0.4, 0.5) is 0 Å². The summed E-state index contributed by atoms with van der Waals surface area (Å²) < 4.78 is 2.19. The summed E-state index contributed by atoms with van der Waals surface area (Å²) in [6.45, 7) is 3.80. The smallest absolute Gasteiger partial charge is 0.256 e. The molecule has 1 unspecified atom stereocenters. The Morgan fingerprint density at radius 3 is 2.58 bits per heavy atom. The molecule has 0 spiro atoms. The number of rotatable bonds is 3. The summed E-state index contributed by atoms with van der Waals surface area (Å²) in [6, 6.07) is 18.9. The monoisotopic (exact) mass is 318 g/mol. The molecule has 3 nitrogen and oxygen atoms in total. The minimum Gasteiger partial charge on any atom is -0.342 e. The topological polar surface area (TPSA) is 25.2 Å². The molecule has 1 aliphatic heterocycles. The minimum atomic E-state index is 0.169. The molecule has 2 aromatic carbocycles. The average molecular weight is 318 g/mol. The van der Waals surface area contributed by atoms with Crippen molar-refractivity contribution in [1.82, 2.24) is 9.47 Å². The van der Waals surface area contributed by atoms with Crippen LogP contribution in [-0.4, -0.2) is 28.0 Å². The summed E-state index contributed by atoms with van der Waals surface area (Å²) in [6.07, 6.45) is 4.25. The first kappa shape index (κ1) is 15.0. The van der Waals surface area contributed by atoms with Crippen molar-refractivity contribution in [1.29, 1.82) is 0 Å². The molecule has 1 atom stereocenters. The molecule has 2 heterocycles. The van der Waals surface area contributed by atoms with Gasteiger partial charge in [0.2, 0.25) is 0 Å². The summed E-state index contributed by atoms with van der Waals surface area (Å²) >= 11 is 0.